The number of rotatable bonds is 7. The van der Waals surface area contributed by atoms with Crippen LogP contribution in [0, 0.1) is 0 Å². The average Bonchev–Trinajstić information content (AvgIpc) is 3.14. The van der Waals surface area contributed by atoms with Crippen LogP contribution in [0.2, 0.25) is 0 Å². The fourth-order valence-electron chi connectivity index (χ4n) is 2.90. The van der Waals surface area contributed by atoms with Crippen molar-refractivity contribution < 1.29 is 23.7 Å². The molecule has 0 aliphatic carbocycles. The number of nitrogens with zero attached hydrogens (tertiary/aromatic N) is 4. The number of carbonyl (C=O) groups excluding carboxylic acids is 1. The van der Waals surface area contributed by atoms with Gasteiger partial charge in [0.15, 0.2) is 11.5 Å². The zero-order chi connectivity index (χ0) is 19.4. The lowest BCUT2D eigenvalue weighted by atomic mass is 9.95. The number of nitrogens with one attached hydrogen (secondary N) is 1. The van der Waals surface area contributed by atoms with Crippen LogP contribution in [0.3, 0.4) is 0 Å². The van der Waals surface area contributed by atoms with Crippen LogP contribution in [0.25, 0.3) is 0 Å². The molecule has 1 aliphatic rings. The highest BCUT2D eigenvalue weighted by Gasteiger charge is 2.35. The van der Waals surface area contributed by atoms with Gasteiger partial charge in [0.1, 0.15) is 12.6 Å². The second-order valence-corrected chi connectivity index (χ2v) is 5.76. The number of aromatic nitrogens is 4. The second kappa shape index (κ2) is 8.04. The van der Waals surface area contributed by atoms with Crippen molar-refractivity contribution in [1.82, 2.24) is 20.2 Å². The summed E-state index contributed by atoms with van der Waals surface area (Å²) in [7, 11) is 4.65. The fraction of sp³-hybridized carbons (Fsp3) is 0.412. The maximum Gasteiger partial charge on any atom is 0.338 e. The third-order valence-electron chi connectivity index (χ3n) is 4.18. The Labute approximate surface area is 156 Å². The monoisotopic (exact) mass is 375 g/mol. The maximum atomic E-state index is 12.8. The number of anilines is 1. The summed E-state index contributed by atoms with van der Waals surface area (Å²) in [6, 6.07) is 4.81. The number of methoxy groups -OCH3 is 3. The number of fused-ring (bicyclic) bond motifs is 1. The minimum absolute atomic E-state index is 0.146. The first kappa shape index (κ1) is 18.6. The van der Waals surface area contributed by atoms with Crippen molar-refractivity contribution in [2.24, 2.45) is 0 Å². The molecule has 3 rings (SSSR count). The van der Waals surface area contributed by atoms with E-state index in [0.29, 0.717) is 35.3 Å². The molecule has 0 bridgehead atoms. The molecule has 1 atom stereocenters. The number of tetrazole rings is 1. The predicted molar refractivity (Wildman–Crippen MR) is 94.7 cm³/mol. The van der Waals surface area contributed by atoms with Crippen LogP contribution in [-0.4, -0.2) is 60.7 Å². The van der Waals surface area contributed by atoms with Crippen LogP contribution in [0.1, 0.15) is 18.5 Å². The highest BCUT2D eigenvalue weighted by molar-refractivity contribution is 5.92. The van der Waals surface area contributed by atoms with Crippen molar-refractivity contribution in [2.45, 2.75) is 13.0 Å². The van der Waals surface area contributed by atoms with Gasteiger partial charge in [0.25, 0.3) is 0 Å². The molecule has 10 heteroatoms. The highest BCUT2D eigenvalue weighted by Crippen LogP contribution is 2.38. The van der Waals surface area contributed by atoms with Gasteiger partial charge in [-0.05, 0) is 35.0 Å². The summed E-state index contributed by atoms with van der Waals surface area (Å²) in [6.45, 7) is 2.23. The molecule has 0 unspecified atom stereocenters. The van der Waals surface area contributed by atoms with E-state index < -0.39 is 12.0 Å². The van der Waals surface area contributed by atoms with E-state index in [2.05, 4.69) is 20.8 Å². The minimum Gasteiger partial charge on any atom is -0.493 e. The van der Waals surface area contributed by atoms with E-state index in [1.54, 1.807) is 40.4 Å². The molecule has 0 saturated carbocycles. The van der Waals surface area contributed by atoms with Gasteiger partial charge in [-0.2, -0.15) is 4.68 Å². The molecule has 27 heavy (non-hydrogen) atoms. The molecule has 2 aromatic rings. The second-order valence-electron chi connectivity index (χ2n) is 5.76. The van der Waals surface area contributed by atoms with Gasteiger partial charge in [0, 0.05) is 12.8 Å². The lowest BCUT2D eigenvalue weighted by molar-refractivity contribution is -0.140. The van der Waals surface area contributed by atoms with Crippen molar-refractivity contribution in [1.29, 1.82) is 0 Å². The summed E-state index contributed by atoms with van der Waals surface area (Å²) in [5.41, 5.74) is 1.76. The van der Waals surface area contributed by atoms with Crippen LogP contribution >= 0.6 is 0 Å². The van der Waals surface area contributed by atoms with E-state index in [-0.39, 0.29) is 6.61 Å². The molecule has 0 amide bonds. The fourth-order valence-corrected chi connectivity index (χ4v) is 2.90. The number of hydrogen-bond donors (Lipinski definition) is 1. The van der Waals surface area contributed by atoms with Crippen molar-refractivity contribution in [3.8, 4) is 11.5 Å². The van der Waals surface area contributed by atoms with E-state index in [1.807, 2.05) is 6.07 Å². The first-order valence-electron chi connectivity index (χ1n) is 8.24. The van der Waals surface area contributed by atoms with Crippen molar-refractivity contribution in [2.75, 3.05) is 39.9 Å². The number of benzene rings is 1. The highest BCUT2D eigenvalue weighted by atomic mass is 16.6. The molecule has 10 nitrogen and oxygen atoms in total. The van der Waals surface area contributed by atoms with E-state index in [0.717, 1.165) is 5.56 Å². The minimum atomic E-state index is -0.578. The first-order chi connectivity index (χ1) is 13.1. The van der Waals surface area contributed by atoms with Gasteiger partial charge in [0.05, 0.1) is 26.4 Å². The van der Waals surface area contributed by atoms with E-state index in [1.165, 1.54) is 4.68 Å². The largest absolute Gasteiger partial charge is 0.493 e. The molecule has 1 N–H and O–H groups in total. The predicted octanol–water partition coefficient (Wildman–Crippen LogP) is 1.17. The van der Waals surface area contributed by atoms with Crippen LogP contribution in [-0.2, 0) is 14.3 Å². The Morgan fingerprint density at radius 2 is 1.96 bits per heavy atom. The van der Waals surface area contributed by atoms with E-state index in [9.17, 15) is 4.79 Å². The van der Waals surface area contributed by atoms with Crippen LogP contribution in [0.15, 0.2) is 29.5 Å². The van der Waals surface area contributed by atoms with Crippen LogP contribution in [0.4, 0.5) is 5.95 Å². The molecular formula is C17H21N5O5. The summed E-state index contributed by atoms with van der Waals surface area (Å²) in [5, 5.41) is 14.7. The number of allylic oxidation sites excluding steroid dienone is 1. The molecule has 144 valence electrons. The number of ether oxygens (including phenoxy) is 4. The normalized spacial score (nSPS) is 15.8. The average molecular weight is 375 g/mol. The topological polar surface area (TPSA) is 110 Å². The van der Waals surface area contributed by atoms with Crippen LogP contribution < -0.4 is 14.8 Å². The third-order valence-corrected chi connectivity index (χ3v) is 4.18. The van der Waals surface area contributed by atoms with Gasteiger partial charge in [-0.1, -0.05) is 11.2 Å². The van der Waals surface area contributed by atoms with E-state index in [4.69, 9.17) is 18.9 Å². The van der Waals surface area contributed by atoms with Gasteiger partial charge >= 0.3 is 5.97 Å². The Kier molecular flexibility index (Phi) is 5.55. The first-order valence-corrected chi connectivity index (χ1v) is 8.24. The van der Waals surface area contributed by atoms with Gasteiger partial charge in [-0.25, -0.2) is 4.79 Å². The maximum absolute atomic E-state index is 12.8. The van der Waals surface area contributed by atoms with Crippen molar-refractivity contribution in [3.05, 3.63) is 35.0 Å². The van der Waals surface area contributed by atoms with Gasteiger partial charge in [-0.3, -0.25) is 0 Å². The zero-order valence-electron chi connectivity index (χ0n) is 15.6. The smallest absolute Gasteiger partial charge is 0.338 e. The number of esters is 1. The van der Waals surface area contributed by atoms with Crippen molar-refractivity contribution in [3.63, 3.8) is 0 Å². The SMILES string of the molecule is COCCOC(=O)C1=C(C)Nc2nnnn2[C@@H]1c1ccc(OC)c(OC)c1. The zero-order valence-corrected chi connectivity index (χ0v) is 15.6. The van der Waals surface area contributed by atoms with Crippen molar-refractivity contribution >= 4 is 11.9 Å². The summed E-state index contributed by atoms with van der Waals surface area (Å²) in [4.78, 5) is 12.8. The molecule has 0 radical (unpaired) electrons. The molecule has 2 heterocycles. The van der Waals surface area contributed by atoms with Gasteiger partial charge in [0.2, 0.25) is 5.95 Å². The number of carbonyl (C=O) groups is 1. The summed E-state index contributed by atoms with van der Waals surface area (Å²) < 4.78 is 22.5. The molecule has 0 fully saturated rings. The summed E-state index contributed by atoms with van der Waals surface area (Å²) >= 11 is 0. The van der Waals surface area contributed by atoms with Gasteiger partial charge < -0.3 is 24.3 Å². The standard InChI is InChI=1S/C17H21N5O5/c1-10-14(16(23)27-8-7-24-2)15(22-17(18-10)19-20-21-22)11-5-6-12(25-3)13(9-11)26-4/h5-6,9,15H,7-8H2,1-4H3,(H,18,19,21)/t15-/m1/s1. The Hall–Kier alpha value is -3.14. The van der Waals surface area contributed by atoms with Crippen LogP contribution in [0.5, 0.6) is 11.5 Å². The molecule has 0 spiro atoms. The molecule has 1 aromatic carbocycles. The number of hydrogen-bond acceptors (Lipinski definition) is 9. The summed E-state index contributed by atoms with van der Waals surface area (Å²) in [5.74, 6) is 1.07. The molecular weight excluding hydrogens is 354 g/mol. The Morgan fingerprint density at radius 1 is 1.19 bits per heavy atom. The Balaban J connectivity index is 2.05. The van der Waals surface area contributed by atoms with E-state index >= 15 is 0 Å². The Morgan fingerprint density at radius 3 is 2.67 bits per heavy atom. The molecule has 0 saturated heterocycles. The van der Waals surface area contributed by atoms with Gasteiger partial charge in [-0.15, -0.1) is 0 Å². The Bertz CT molecular complexity index is 863. The molecule has 1 aliphatic heterocycles. The third kappa shape index (κ3) is 3.56. The lowest BCUT2D eigenvalue weighted by Gasteiger charge is -2.27. The molecule has 1 aromatic heterocycles. The summed E-state index contributed by atoms with van der Waals surface area (Å²) in [6.07, 6.45) is 0. The lowest BCUT2D eigenvalue weighted by Crippen LogP contribution is -2.30. The quantitative estimate of drug-likeness (QED) is 0.563.